The van der Waals surface area contributed by atoms with Gasteiger partial charge in [-0.2, -0.15) is 13.2 Å². The number of halogens is 3. The average Bonchev–Trinajstić information content (AvgIpc) is 2.21. The second-order valence-electron chi connectivity index (χ2n) is 4.97. The summed E-state index contributed by atoms with van der Waals surface area (Å²) in [5, 5.41) is 3.15. The molecule has 0 radical (unpaired) electrons. The van der Waals surface area contributed by atoms with E-state index < -0.39 is 18.2 Å². The molecule has 1 atom stereocenters. The lowest BCUT2D eigenvalue weighted by Crippen LogP contribution is -2.38. The first-order valence-electron chi connectivity index (χ1n) is 6.05. The minimum absolute atomic E-state index is 0.107. The molecule has 0 aliphatic carbocycles. The summed E-state index contributed by atoms with van der Waals surface area (Å²) in [4.78, 5) is 0. The summed E-state index contributed by atoms with van der Waals surface area (Å²) in [6.45, 7) is 6.51. The van der Waals surface area contributed by atoms with Gasteiger partial charge in [-0.3, -0.25) is 0 Å². The maximum Gasteiger partial charge on any atom is 0.389 e. The van der Waals surface area contributed by atoms with E-state index in [1.807, 2.05) is 20.8 Å². The molecular weight excluding hydrogens is 231 g/mol. The Kier molecular flexibility index (Phi) is 7.09. The first kappa shape index (κ1) is 16.7. The van der Waals surface area contributed by atoms with Crippen molar-refractivity contribution in [1.29, 1.82) is 0 Å². The van der Waals surface area contributed by atoms with Gasteiger partial charge in [-0.05, 0) is 39.7 Å². The van der Waals surface area contributed by atoms with Crippen molar-refractivity contribution < 1.29 is 17.9 Å². The molecule has 0 amide bonds. The van der Waals surface area contributed by atoms with Gasteiger partial charge in [0.25, 0.3) is 0 Å². The highest BCUT2D eigenvalue weighted by atomic mass is 19.4. The fourth-order valence-corrected chi connectivity index (χ4v) is 1.64. The molecule has 1 N–H and O–H groups in total. The lowest BCUT2D eigenvalue weighted by molar-refractivity contribution is -0.137. The number of ether oxygens (including phenoxy) is 1. The lowest BCUT2D eigenvalue weighted by Gasteiger charge is -2.29. The number of rotatable bonds is 8. The Morgan fingerprint density at radius 2 is 1.82 bits per heavy atom. The molecule has 0 saturated carbocycles. The van der Waals surface area contributed by atoms with Crippen molar-refractivity contribution in [3.05, 3.63) is 0 Å². The van der Waals surface area contributed by atoms with Gasteiger partial charge >= 0.3 is 6.18 Å². The number of nitrogens with one attached hydrogen (secondary N) is 1. The van der Waals surface area contributed by atoms with Crippen LogP contribution in [0.15, 0.2) is 0 Å². The zero-order valence-electron chi connectivity index (χ0n) is 11.2. The standard InChI is InChI=1S/C12H24F3NO/c1-5-8-16-10(6-7-12(13,14)15)9-11(2,3)17-4/h10,16H,5-9H2,1-4H3. The van der Waals surface area contributed by atoms with E-state index in [1.54, 1.807) is 7.11 Å². The van der Waals surface area contributed by atoms with E-state index in [1.165, 1.54) is 0 Å². The molecule has 0 bridgehead atoms. The summed E-state index contributed by atoms with van der Waals surface area (Å²) in [6.07, 6.45) is -3.22. The zero-order chi connectivity index (χ0) is 13.5. The highest BCUT2D eigenvalue weighted by molar-refractivity contribution is 4.79. The summed E-state index contributed by atoms with van der Waals surface area (Å²) in [5.41, 5.74) is -0.392. The summed E-state index contributed by atoms with van der Waals surface area (Å²) >= 11 is 0. The molecule has 0 aromatic rings. The maximum absolute atomic E-state index is 12.2. The molecule has 0 heterocycles. The van der Waals surface area contributed by atoms with Crippen LogP contribution < -0.4 is 5.32 Å². The Balaban J connectivity index is 4.23. The number of methoxy groups -OCH3 is 1. The zero-order valence-corrected chi connectivity index (χ0v) is 11.2. The fraction of sp³-hybridized carbons (Fsp3) is 1.00. The van der Waals surface area contributed by atoms with Crippen molar-refractivity contribution in [3.8, 4) is 0 Å². The van der Waals surface area contributed by atoms with E-state index in [2.05, 4.69) is 5.32 Å². The molecular formula is C12H24F3NO. The van der Waals surface area contributed by atoms with E-state index in [9.17, 15) is 13.2 Å². The summed E-state index contributed by atoms with van der Waals surface area (Å²) < 4.78 is 41.8. The van der Waals surface area contributed by atoms with Crippen molar-refractivity contribution in [2.75, 3.05) is 13.7 Å². The molecule has 0 aromatic carbocycles. The van der Waals surface area contributed by atoms with E-state index in [0.29, 0.717) is 6.42 Å². The fourth-order valence-electron chi connectivity index (χ4n) is 1.64. The van der Waals surface area contributed by atoms with Gasteiger partial charge in [-0.25, -0.2) is 0 Å². The molecule has 104 valence electrons. The molecule has 1 unspecified atom stereocenters. The molecule has 0 fully saturated rings. The molecule has 2 nitrogen and oxygen atoms in total. The van der Waals surface area contributed by atoms with Crippen molar-refractivity contribution in [2.45, 2.75) is 64.3 Å². The monoisotopic (exact) mass is 255 g/mol. The molecule has 0 aromatic heterocycles. The molecule has 0 spiro atoms. The van der Waals surface area contributed by atoms with Crippen LogP contribution in [0, 0.1) is 0 Å². The minimum atomic E-state index is -4.08. The number of hydrogen-bond donors (Lipinski definition) is 1. The van der Waals surface area contributed by atoms with Crippen LogP contribution in [0.4, 0.5) is 13.2 Å². The van der Waals surface area contributed by atoms with Crippen LogP contribution in [0.2, 0.25) is 0 Å². The largest absolute Gasteiger partial charge is 0.389 e. The maximum atomic E-state index is 12.2. The quantitative estimate of drug-likeness (QED) is 0.716. The second-order valence-corrected chi connectivity index (χ2v) is 4.97. The van der Waals surface area contributed by atoms with Gasteiger partial charge in [0.2, 0.25) is 0 Å². The van der Waals surface area contributed by atoms with Crippen LogP contribution in [0.5, 0.6) is 0 Å². The third-order valence-corrected chi connectivity index (χ3v) is 2.75. The second kappa shape index (κ2) is 7.21. The number of hydrogen-bond acceptors (Lipinski definition) is 2. The third-order valence-electron chi connectivity index (χ3n) is 2.75. The average molecular weight is 255 g/mol. The molecule has 5 heteroatoms. The Morgan fingerprint density at radius 1 is 1.24 bits per heavy atom. The van der Waals surface area contributed by atoms with Crippen LogP contribution in [0.1, 0.15) is 46.5 Å². The van der Waals surface area contributed by atoms with Gasteiger partial charge in [-0.15, -0.1) is 0 Å². The normalized spacial score (nSPS) is 15.0. The Bertz CT molecular complexity index is 204. The highest BCUT2D eigenvalue weighted by Crippen LogP contribution is 2.25. The topological polar surface area (TPSA) is 21.3 Å². The van der Waals surface area contributed by atoms with Gasteiger partial charge < -0.3 is 10.1 Å². The molecule has 0 aliphatic heterocycles. The Labute approximate surface area is 102 Å². The first-order valence-corrected chi connectivity index (χ1v) is 6.05. The highest BCUT2D eigenvalue weighted by Gasteiger charge is 2.30. The molecule has 17 heavy (non-hydrogen) atoms. The molecule has 0 rings (SSSR count). The van der Waals surface area contributed by atoms with Crippen LogP contribution in [0.25, 0.3) is 0 Å². The Morgan fingerprint density at radius 3 is 2.24 bits per heavy atom. The third kappa shape index (κ3) is 9.41. The van der Waals surface area contributed by atoms with Gasteiger partial charge in [0.05, 0.1) is 5.60 Å². The van der Waals surface area contributed by atoms with Gasteiger partial charge in [0.15, 0.2) is 0 Å². The smallest absolute Gasteiger partial charge is 0.379 e. The van der Waals surface area contributed by atoms with Gasteiger partial charge in [-0.1, -0.05) is 6.92 Å². The van der Waals surface area contributed by atoms with Crippen LogP contribution in [-0.4, -0.2) is 31.5 Å². The minimum Gasteiger partial charge on any atom is -0.379 e. The summed E-state index contributed by atoms with van der Waals surface area (Å²) in [6, 6.07) is -0.147. The van der Waals surface area contributed by atoms with Gasteiger partial charge in [0.1, 0.15) is 0 Å². The van der Waals surface area contributed by atoms with Gasteiger partial charge in [0, 0.05) is 19.6 Å². The Hall–Kier alpha value is -0.290. The molecule has 0 aliphatic rings. The predicted molar refractivity (Wildman–Crippen MR) is 63.1 cm³/mol. The first-order chi connectivity index (χ1) is 7.70. The lowest BCUT2D eigenvalue weighted by atomic mass is 9.95. The van der Waals surface area contributed by atoms with Crippen molar-refractivity contribution in [1.82, 2.24) is 5.32 Å². The summed E-state index contributed by atoms with van der Waals surface area (Å²) in [7, 11) is 1.58. The van der Waals surface area contributed by atoms with E-state index in [4.69, 9.17) is 4.74 Å². The molecule has 0 saturated heterocycles. The van der Waals surface area contributed by atoms with E-state index >= 15 is 0 Å². The van der Waals surface area contributed by atoms with Crippen LogP contribution in [-0.2, 0) is 4.74 Å². The van der Waals surface area contributed by atoms with Crippen LogP contribution in [0.3, 0.4) is 0 Å². The SMILES string of the molecule is CCCNC(CCC(F)(F)F)CC(C)(C)OC. The van der Waals surface area contributed by atoms with Crippen molar-refractivity contribution in [2.24, 2.45) is 0 Å². The summed E-state index contributed by atoms with van der Waals surface area (Å²) in [5.74, 6) is 0. The van der Waals surface area contributed by atoms with Crippen molar-refractivity contribution >= 4 is 0 Å². The predicted octanol–water partition coefficient (Wildman–Crippen LogP) is 3.51. The van der Waals surface area contributed by atoms with E-state index in [-0.39, 0.29) is 12.5 Å². The van der Waals surface area contributed by atoms with Crippen molar-refractivity contribution in [3.63, 3.8) is 0 Å². The van der Waals surface area contributed by atoms with Crippen LogP contribution >= 0.6 is 0 Å². The van der Waals surface area contributed by atoms with E-state index in [0.717, 1.165) is 13.0 Å². The number of alkyl halides is 3.